The fourth-order valence-electron chi connectivity index (χ4n) is 0.960. The highest BCUT2D eigenvalue weighted by atomic mass is 79.9. The minimum atomic E-state index is -0.330. The Morgan fingerprint density at radius 1 is 1.46 bits per heavy atom. The van der Waals surface area contributed by atoms with E-state index in [-0.39, 0.29) is 6.67 Å². The Hall–Kier alpha value is -0.570. The summed E-state index contributed by atoms with van der Waals surface area (Å²) < 4.78 is 18.0. The van der Waals surface area contributed by atoms with E-state index in [1.54, 1.807) is 0 Å². The number of alkyl halides is 1. The van der Waals surface area contributed by atoms with Crippen LogP contribution in [-0.2, 0) is 0 Å². The molecule has 1 rings (SSSR count). The fraction of sp³-hybridized carbons (Fsp3) is 0.400. The van der Waals surface area contributed by atoms with Crippen LogP contribution in [0.4, 0.5) is 4.39 Å². The lowest BCUT2D eigenvalue weighted by atomic mass is 10.2. The summed E-state index contributed by atoms with van der Waals surface area (Å²) in [5.74, 6) is 0.777. The van der Waals surface area contributed by atoms with Gasteiger partial charge in [0, 0.05) is 6.42 Å². The summed E-state index contributed by atoms with van der Waals surface area (Å²) in [7, 11) is 0. The number of hydrogen-bond acceptors (Lipinski definition) is 1. The second-order valence-electron chi connectivity index (χ2n) is 2.82. The quantitative estimate of drug-likeness (QED) is 0.740. The molecule has 1 aromatic carbocycles. The second kappa shape index (κ2) is 5.22. The molecule has 0 spiro atoms. The van der Waals surface area contributed by atoms with Crippen molar-refractivity contribution < 1.29 is 9.13 Å². The lowest BCUT2D eigenvalue weighted by Gasteiger charge is -2.07. The Morgan fingerprint density at radius 2 is 2.23 bits per heavy atom. The van der Waals surface area contributed by atoms with Crippen LogP contribution in [0.25, 0.3) is 0 Å². The summed E-state index contributed by atoms with van der Waals surface area (Å²) in [5, 5.41) is 0. The minimum absolute atomic E-state index is 0.330. The van der Waals surface area contributed by atoms with E-state index in [9.17, 15) is 4.39 Å². The number of hydrogen-bond donors (Lipinski definition) is 0. The van der Waals surface area contributed by atoms with Crippen molar-refractivity contribution in [2.45, 2.75) is 13.3 Å². The van der Waals surface area contributed by atoms with Gasteiger partial charge in [-0.2, -0.15) is 0 Å². The molecule has 0 saturated heterocycles. The van der Waals surface area contributed by atoms with E-state index in [1.165, 1.54) is 5.56 Å². The lowest BCUT2D eigenvalue weighted by Crippen LogP contribution is -1.98. The standard InChI is InChI=1S/C10H12BrFO/c1-8-3-4-10(9(11)7-8)13-6-2-5-12/h3-4,7H,2,5-6H2,1H3. The summed E-state index contributed by atoms with van der Waals surface area (Å²) >= 11 is 3.38. The van der Waals surface area contributed by atoms with Crippen molar-refractivity contribution >= 4 is 15.9 Å². The molecule has 0 saturated carbocycles. The minimum Gasteiger partial charge on any atom is -0.492 e. The normalized spacial score (nSPS) is 10.1. The van der Waals surface area contributed by atoms with E-state index in [1.807, 2.05) is 25.1 Å². The maximum absolute atomic E-state index is 11.8. The molecule has 0 amide bonds. The Morgan fingerprint density at radius 3 is 2.85 bits per heavy atom. The van der Waals surface area contributed by atoms with E-state index in [4.69, 9.17) is 4.74 Å². The summed E-state index contributed by atoms with van der Waals surface area (Å²) in [6.07, 6.45) is 0.445. The molecule has 1 aromatic rings. The van der Waals surface area contributed by atoms with Crippen molar-refractivity contribution in [3.63, 3.8) is 0 Å². The summed E-state index contributed by atoms with van der Waals surface area (Å²) in [6.45, 7) is 2.11. The number of benzene rings is 1. The SMILES string of the molecule is Cc1ccc(OCCCF)c(Br)c1. The zero-order chi connectivity index (χ0) is 9.68. The third-order valence-corrected chi connectivity index (χ3v) is 2.24. The Labute approximate surface area is 86.0 Å². The molecule has 0 aliphatic rings. The molecule has 0 atom stereocenters. The highest BCUT2D eigenvalue weighted by molar-refractivity contribution is 9.10. The van der Waals surface area contributed by atoms with Gasteiger partial charge in [-0.05, 0) is 40.5 Å². The molecule has 3 heteroatoms. The van der Waals surface area contributed by atoms with Gasteiger partial charge in [-0.15, -0.1) is 0 Å². The molecule has 0 heterocycles. The maximum atomic E-state index is 11.8. The van der Waals surface area contributed by atoms with Crippen LogP contribution in [0, 0.1) is 6.92 Å². The van der Waals surface area contributed by atoms with E-state index in [0.29, 0.717) is 13.0 Å². The van der Waals surface area contributed by atoms with Gasteiger partial charge in [-0.25, -0.2) is 0 Å². The molecule has 0 aromatic heterocycles. The summed E-state index contributed by atoms with van der Waals surface area (Å²) in [5.41, 5.74) is 1.17. The first-order valence-electron chi connectivity index (χ1n) is 4.19. The lowest BCUT2D eigenvalue weighted by molar-refractivity contribution is 0.288. The van der Waals surface area contributed by atoms with Crippen LogP contribution in [0.1, 0.15) is 12.0 Å². The van der Waals surface area contributed by atoms with Crippen LogP contribution in [0.15, 0.2) is 22.7 Å². The van der Waals surface area contributed by atoms with Crippen molar-refractivity contribution in [1.29, 1.82) is 0 Å². The van der Waals surface area contributed by atoms with E-state index in [2.05, 4.69) is 15.9 Å². The third kappa shape index (κ3) is 3.35. The van der Waals surface area contributed by atoms with Gasteiger partial charge >= 0.3 is 0 Å². The zero-order valence-corrected chi connectivity index (χ0v) is 9.10. The fourth-order valence-corrected chi connectivity index (χ4v) is 1.57. The van der Waals surface area contributed by atoms with Crippen LogP contribution in [0.3, 0.4) is 0 Å². The predicted octanol–water partition coefficient (Wildman–Crippen LogP) is 3.50. The van der Waals surface area contributed by atoms with E-state index < -0.39 is 0 Å². The molecule has 0 aliphatic heterocycles. The molecule has 72 valence electrons. The Kier molecular flexibility index (Phi) is 4.22. The topological polar surface area (TPSA) is 9.23 Å². The van der Waals surface area contributed by atoms with Gasteiger partial charge in [-0.1, -0.05) is 6.07 Å². The smallest absolute Gasteiger partial charge is 0.133 e. The third-order valence-electron chi connectivity index (χ3n) is 1.62. The van der Waals surface area contributed by atoms with Gasteiger partial charge < -0.3 is 4.74 Å². The van der Waals surface area contributed by atoms with Gasteiger partial charge in [0.25, 0.3) is 0 Å². The van der Waals surface area contributed by atoms with Gasteiger partial charge in [-0.3, -0.25) is 4.39 Å². The first-order chi connectivity index (χ1) is 6.24. The largest absolute Gasteiger partial charge is 0.492 e. The van der Waals surface area contributed by atoms with Crippen LogP contribution in [0.5, 0.6) is 5.75 Å². The summed E-state index contributed by atoms with van der Waals surface area (Å²) in [6, 6.07) is 5.83. The number of aryl methyl sites for hydroxylation is 1. The van der Waals surface area contributed by atoms with Gasteiger partial charge in [0.15, 0.2) is 0 Å². The highest BCUT2D eigenvalue weighted by Gasteiger charge is 1.99. The molecule has 0 aliphatic carbocycles. The van der Waals surface area contributed by atoms with Crippen LogP contribution in [0.2, 0.25) is 0 Å². The first kappa shape index (κ1) is 10.5. The molecule has 0 bridgehead atoms. The molecule has 0 N–H and O–H groups in total. The molecule has 1 nitrogen and oxygen atoms in total. The van der Waals surface area contributed by atoms with Crippen molar-refractivity contribution in [1.82, 2.24) is 0 Å². The van der Waals surface area contributed by atoms with Crippen molar-refractivity contribution in [3.05, 3.63) is 28.2 Å². The molecular weight excluding hydrogens is 235 g/mol. The predicted molar refractivity (Wildman–Crippen MR) is 55.0 cm³/mol. The number of halogens is 2. The van der Waals surface area contributed by atoms with Gasteiger partial charge in [0.2, 0.25) is 0 Å². The van der Waals surface area contributed by atoms with Gasteiger partial charge in [0.05, 0.1) is 17.8 Å². The van der Waals surface area contributed by atoms with Crippen molar-refractivity contribution in [3.8, 4) is 5.75 Å². The van der Waals surface area contributed by atoms with Crippen LogP contribution >= 0.6 is 15.9 Å². The zero-order valence-electron chi connectivity index (χ0n) is 7.52. The van der Waals surface area contributed by atoms with Gasteiger partial charge in [0.1, 0.15) is 5.75 Å². The molecule has 0 radical (unpaired) electrons. The van der Waals surface area contributed by atoms with Crippen molar-refractivity contribution in [2.24, 2.45) is 0 Å². The number of rotatable bonds is 4. The number of ether oxygens (including phenoxy) is 1. The van der Waals surface area contributed by atoms with E-state index in [0.717, 1.165) is 10.2 Å². The molecular formula is C10H12BrFO. The average Bonchev–Trinajstić information content (AvgIpc) is 2.09. The Balaban J connectivity index is 2.56. The molecule has 0 fully saturated rings. The maximum Gasteiger partial charge on any atom is 0.133 e. The average molecular weight is 247 g/mol. The van der Waals surface area contributed by atoms with Crippen molar-refractivity contribution in [2.75, 3.05) is 13.3 Å². The molecule has 0 unspecified atom stereocenters. The van der Waals surface area contributed by atoms with E-state index >= 15 is 0 Å². The highest BCUT2D eigenvalue weighted by Crippen LogP contribution is 2.25. The summed E-state index contributed by atoms with van der Waals surface area (Å²) in [4.78, 5) is 0. The van der Waals surface area contributed by atoms with Crippen LogP contribution < -0.4 is 4.74 Å². The first-order valence-corrected chi connectivity index (χ1v) is 4.98. The Bertz CT molecular complexity index is 276. The monoisotopic (exact) mass is 246 g/mol. The second-order valence-corrected chi connectivity index (χ2v) is 3.68. The van der Waals surface area contributed by atoms with Crippen LogP contribution in [-0.4, -0.2) is 13.3 Å². The molecule has 13 heavy (non-hydrogen) atoms.